The molecular formula is C9H9CuS. The first-order valence-corrected chi connectivity index (χ1v) is 4.08. The monoisotopic (exact) mass is 212 g/mol. The Morgan fingerprint density at radius 2 is 1.36 bits per heavy atom. The van der Waals surface area contributed by atoms with E-state index in [4.69, 9.17) is 0 Å². The Morgan fingerprint density at radius 1 is 0.818 bits per heavy atom. The van der Waals surface area contributed by atoms with Gasteiger partial charge in [-0.15, -0.1) is 0 Å². The zero-order chi connectivity index (χ0) is 7.07. The van der Waals surface area contributed by atoms with Gasteiger partial charge in [0.05, 0.1) is 0 Å². The molecule has 0 spiro atoms. The van der Waals surface area contributed by atoms with Gasteiger partial charge in [-0.05, 0) is 10.8 Å². The van der Waals surface area contributed by atoms with E-state index in [1.807, 2.05) is 53.2 Å². The largest absolute Gasteiger partial charge is 1.00 e. The van der Waals surface area contributed by atoms with Crippen molar-refractivity contribution in [3.8, 4) is 0 Å². The predicted octanol–water partition coefficient (Wildman–Crippen LogP) is 3.15. The minimum atomic E-state index is 0. The molecule has 2 rings (SSSR count). The smallest absolute Gasteiger partial charge is 0.214 e. The van der Waals surface area contributed by atoms with Gasteiger partial charge in [0.15, 0.2) is 0 Å². The van der Waals surface area contributed by atoms with Gasteiger partial charge in [-0.3, -0.25) is 0 Å². The van der Waals surface area contributed by atoms with Gasteiger partial charge in [0.1, 0.15) is 0 Å². The zero-order valence-corrected chi connectivity index (χ0v) is 7.66. The molecule has 0 aliphatic carbocycles. The topological polar surface area (TPSA) is 0 Å². The van der Waals surface area contributed by atoms with Crippen LogP contribution in [0.3, 0.4) is 0 Å². The minimum absolute atomic E-state index is 0. The molecule has 1 heterocycles. The van der Waals surface area contributed by atoms with Gasteiger partial charge in [-0.1, -0.05) is 12.1 Å². The average Bonchev–Trinajstić information content (AvgIpc) is 2.67. The third-order valence-corrected chi connectivity index (χ3v) is 1.61. The molecule has 1 aromatic carbocycles. The summed E-state index contributed by atoms with van der Waals surface area (Å²) in [5.41, 5.74) is 0. The Hall–Kier alpha value is -0.431. The van der Waals surface area contributed by atoms with E-state index in [1.54, 1.807) is 11.3 Å². The second kappa shape index (κ2) is 7.67. The van der Waals surface area contributed by atoms with Crippen molar-refractivity contribution in [1.82, 2.24) is 0 Å². The Kier molecular flexibility index (Phi) is 7.37. The Balaban J connectivity index is 0.000000167. The van der Waals surface area contributed by atoms with Crippen LogP contribution in [0.15, 0.2) is 53.2 Å². The normalized spacial score (nSPS) is 7.27. The standard InChI is InChI=1S/C5H5.C4H4S.Cu/c2*1-2-4-5-3-1;/h1-5H;1-4H;/q-1;;+1. The van der Waals surface area contributed by atoms with Crippen LogP contribution in [0, 0.1) is 0 Å². The van der Waals surface area contributed by atoms with Crippen molar-refractivity contribution in [2.75, 3.05) is 0 Å². The van der Waals surface area contributed by atoms with E-state index >= 15 is 0 Å². The molecule has 0 nitrogen and oxygen atoms in total. The fourth-order valence-electron chi connectivity index (χ4n) is 0.548. The summed E-state index contributed by atoms with van der Waals surface area (Å²) in [6.45, 7) is 0. The molecule has 0 saturated carbocycles. The Bertz CT molecular complexity index is 149. The molecule has 62 valence electrons. The summed E-state index contributed by atoms with van der Waals surface area (Å²) < 4.78 is 0. The number of hydrogen-bond donors (Lipinski definition) is 0. The fourth-order valence-corrected chi connectivity index (χ4v) is 1.00. The van der Waals surface area contributed by atoms with Crippen LogP contribution in [0.1, 0.15) is 0 Å². The Morgan fingerprint density at radius 3 is 1.55 bits per heavy atom. The van der Waals surface area contributed by atoms with E-state index in [0.29, 0.717) is 0 Å². The first kappa shape index (κ1) is 10.6. The molecule has 0 fully saturated rings. The summed E-state index contributed by atoms with van der Waals surface area (Å²) in [5, 5.41) is 4.08. The molecule has 1 aromatic heterocycles. The maximum absolute atomic E-state index is 2.04. The van der Waals surface area contributed by atoms with Crippen molar-refractivity contribution in [1.29, 1.82) is 0 Å². The second-order valence-electron chi connectivity index (χ2n) is 1.76. The van der Waals surface area contributed by atoms with Gasteiger partial charge in [-0.2, -0.15) is 29.5 Å². The molecule has 0 atom stereocenters. The molecule has 11 heavy (non-hydrogen) atoms. The molecule has 0 saturated heterocycles. The summed E-state index contributed by atoms with van der Waals surface area (Å²) in [6, 6.07) is 14.0. The van der Waals surface area contributed by atoms with Crippen molar-refractivity contribution >= 4 is 11.3 Å². The van der Waals surface area contributed by atoms with Gasteiger partial charge in [-0.25, -0.2) is 12.1 Å². The van der Waals surface area contributed by atoms with Crippen LogP contribution < -0.4 is 0 Å². The third-order valence-electron chi connectivity index (χ3n) is 0.981. The van der Waals surface area contributed by atoms with E-state index in [0.717, 1.165) is 0 Å². The fraction of sp³-hybridized carbons (Fsp3) is 0. The van der Waals surface area contributed by atoms with Gasteiger partial charge >= 0.3 is 17.1 Å². The molecular weight excluding hydrogens is 204 g/mol. The predicted molar refractivity (Wildman–Crippen MR) is 46.4 cm³/mol. The molecule has 2 heteroatoms. The van der Waals surface area contributed by atoms with Crippen LogP contribution in [0.2, 0.25) is 0 Å². The maximum atomic E-state index is 2.04. The number of thiophene rings is 1. The van der Waals surface area contributed by atoms with E-state index in [2.05, 4.69) is 0 Å². The van der Waals surface area contributed by atoms with Crippen molar-refractivity contribution in [2.24, 2.45) is 0 Å². The molecule has 0 unspecified atom stereocenters. The molecule has 0 aliphatic heterocycles. The summed E-state index contributed by atoms with van der Waals surface area (Å²) in [5.74, 6) is 0. The van der Waals surface area contributed by atoms with E-state index in [9.17, 15) is 0 Å². The SMILES string of the molecule is [Cu+].c1cc[cH-]c1.c1ccsc1. The van der Waals surface area contributed by atoms with Crippen LogP contribution in [-0.4, -0.2) is 0 Å². The summed E-state index contributed by atoms with van der Waals surface area (Å²) >= 11 is 1.71. The Labute approximate surface area is 81.7 Å². The zero-order valence-electron chi connectivity index (χ0n) is 5.91. The van der Waals surface area contributed by atoms with E-state index in [-0.39, 0.29) is 17.1 Å². The molecule has 0 radical (unpaired) electrons. The second-order valence-corrected chi connectivity index (χ2v) is 2.57. The first-order valence-electron chi connectivity index (χ1n) is 3.14. The molecule has 0 aliphatic rings. The van der Waals surface area contributed by atoms with Crippen LogP contribution in [0.5, 0.6) is 0 Å². The van der Waals surface area contributed by atoms with Crippen LogP contribution in [-0.2, 0) is 17.1 Å². The molecule has 0 bridgehead atoms. The molecule has 0 amide bonds. The van der Waals surface area contributed by atoms with Gasteiger partial charge in [0.25, 0.3) is 0 Å². The summed E-state index contributed by atoms with van der Waals surface area (Å²) in [7, 11) is 0. The number of hydrogen-bond acceptors (Lipinski definition) is 1. The van der Waals surface area contributed by atoms with E-state index in [1.165, 1.54) is 0 Å². The van der Waals surface area contributed by atoms with Crippen molar-refractivity contribution in [3.05, 3.63) is 53.2 Å². The number of rotatable bonds is 0. The summed E-state index contributed by atoms with van der Waals surface area (Å²) in [4.78, 5) is 0. The van der Waals surface area contributed by atoms with E-state index < -0.39 is 0 Å². The van der Waals surface area contributed by atoms with Crippen molar-refractivity contribution < 1.29 is 17.1 Å². The van der Waals surface area contributed by atoms with Gasteiger partial charge in [0, 0.05) is 0 Å². The van der Waals surface area contributed by atoms with Gasteiger partial charge < -0.3 is 0 Å². The first-order chi connectivity index (χ1) is 5.00. The molecule has 2 aromatic rings. The summed E-state index contributed by atoms with van der Waals surface area (Å²) in [6.07, 6.45) is 0. The third kappa shape index (κ3) is 5.99. The minimum Gasteiger partial charge on any atom is -0.214 e. The van der Waals surface area contributed by atoms with Crippen molar-refractivity contribution in [2.45, 2.75) is 0 Å². The maximum Gasteiger partial charge on any atom is 1.00 e. The average molecular weight is 213 g/mol. The van der Waals surface area contributed by atoms with Crippen molar-refractivity contribution in [3.63, 3.8) is 0 Å². The van der Waals surface area contributed by atoms with Crippen LogP contribution >= 0.6 is 11.3 Å². The van der Waals surface area contributed by atoms with Crippen LogP contribution in [0.25, 0.3) is 0 Å². The molecule has 0 N–H and O–H groups in total. The van der Waals surface area contributed by atoms with Gasteiger partial charge in [0.2, 0.25) is 0 Å². The van der Waals surface area contributed by atoms with Crippen LogP contribution in [0.4, 0.5) is 0 Å². The quantitative estimate of drug-likeness (QED) is 0.465.